The summed E-state index contributed by atoms with van der Waals surface area (Å²) >= 11 is 0. The highest BCUT2D eigenvalue weighted by Gasteiger charge is 2.23. The Morgan fingerprint density at radius 3 is 1.24 bits per heavy atom. The van der Waals surface area contributed by atoms with Crippen molar-refractivity contribution in [3.8, 4) is 23.0 Å². The molecule has 0 aliphatic carbocycles. The van der Waals surface area contributed by atoms with Crippen LogP contribution in [0.5, 0.6) is 23.0 Å². The molecule has 0 atom stereocenters. The zero-order valence-corrected chi connectivity index (χ0v) is 32.8. The molecule has 0 aliphatic heterocycles. The summed E-state index contributed by atoms with van der Waals surface area (Å²) in [6.45, 7) is 10.3. The minimum Gasteiger partial charge on any atom is -0.497 e. The highest BCUT2D eigenvalue weighted by atomic mass is 31.2. The SMILES string of the molecule is C.C.C.C.C.C.C.C.CCCNP(=O)(NCCC)OCc1cc2cc(OC)cc(OC)c2o1.CCCNP(=O)(O)NCCC.COc1cc(OC)c2oc(CO)cc2c1. The van der Waals surface area contributed by atoms with E-state index in [-0.39, 0.29) is 72.6 Å². The van der Waals surface area contributed by atoms with Crippen molar-refractivity contribution in [2.75, 3.05) is 54.6 Å². The monoisotopic (exact) mass is 887 g/mol. The van der Waals surface area contributed by atoms with E-state index in [0.29, 0.717) is 71.9 Å². The molecule has 4 rings (SSSR count). The molecule has 59 heavy (non-hydrogen) atoms. The van der Waals surface area contributed by atoms with Gasteiger partial charge in [0.2, 0.25) is 0 Å². The molecule has 0 amide bonds. The number of methoxy groups -OCH3 is 4. The number of aliphatic hydroxyl groups excluding tert-OH is 1. The normalized spacial score (nSPS) is 9.93. The molecular weight excluding hydrogens is 798 g/mol. The van der Waals surface area contributed by atoms with Gasteiger partial charge in [-0.3, -0.25) is 13.7 Å². The Morgan fingerprint density at radius 2 is 0.898 bits per heavy atom. The fourth-order valence-corrected chi connectivity index (χ4v) is 7.19. The van der Waals surface area contributed by atoms with Gasteiger partial charge >= 0.3 is 15.3 Å². The smallest absolute Gasteiger partial charge is 0.341 e. The molecule has 2 aromatic carbocycles. The Labute approximate surface area is 359 Å². The minimum atomic E-state index is -3.23. The lowest BCUT2D eigenvalue weighted by Gasteiger charge is -2.19. The van der Waals surface area contributed by atoms with E-state index >= 15 is 0 Å². The standard InChI is InChI=1S/C17H27N2O5P.C11H12O4.C6H17N2O2P.8CH4/c1-5-7-18-25(20,19-8-6-2)23-12-15-10-13-9-14(21-3)11-16(22-4)17(13)24-15;1-13-8-3-7-4-9(6-12)15-11(7)10(5-8)14-2;1-3-5-7-11(9,10)8-6-4-2;;;;;;;;/h9-11H,5-8,12H2,1-4H3,(H2,18,19,20);3-5,12H,6H2,1-2H3;3-6H2,1-2H3,(H3,7,8,9,10);8*1H4. The van der Waals surface area contributed by atoms with Gasteiger partial charge in [-0.15, -0.1) is 0 Å². The highest BCUT2D eigenvalue weighted by molar-refractivity contribution is 7.54. The summed E-state index contributed by atoms with van der Waals surface area (Å²) < 4.78 is 61.6. The Bertz CT molecular complexity index is 1680. The third-order valence-electron chi connectivity index (χ3n) is 6.96. The maximum Gasteiger partial charge on any atom is 0.341 e. The van der Waals surface area contributed by atoms with E-state index in [9.17, 15) is 9.13 Å². The Hall–Kier alpha value is -3.10. The van der Waals surface area contributed by atoms with Crippen LogP contribution in [0.15, 0.2) is 45.2 Å². The Morgan fingerprint density at radius 1 is 0.542 bits per heavy atom. The number of benzene rings is 2. The molecule has 15 nitrogen and oxygen atoms in total. The molecule has 0 unspecified atom stereocenters. The first-order valence-electron chi connectivity index (χ1n) is 16.9. The number of furan rings is 2. The molecule has 0 saturated carbocycles. The molecule has 0 bridgehead atoms. The van der Waals surface area contributed by atoms with Gasteiger partial charge in [-0.05, 0) is 49.9 Å². The van der Waals surface area contributed by atoms with Gasteiger partial charge in [-0.2, -0.15) is 0 Å². The van der Waals surface area contributed by atoms with Gasteiger partial charge in [0.25, 0.3) is 0 Å². The quantitative estimate of drug-likeness (QED) is 0.0458. The van der Waals surface area contributed by atoms with Crippen LogP contribution in [0.2, 0.25) is 0 Å². The molecule has 2 aromatic heterocycles. The topological polar surface area (TPSA) is 195 Å². The lowest BCUT2D eigenvalue weighted by molar-refractivity contribution is 0.250. The molecule has 0 radical (unpaired) electrons. The van der Waals surface area contributed by atoms with Crippen molar-refractivity contribution in [3.05, 3.63) is 47.9 Å². The molecular formula is C42H88N4O11P2. The summed E-state index contributed by atoms with van der Waals surface area (Å²) in [6, 6.07) is 10.8. The van der Waals surface area contributed by atoms with E-state index in [1.54, 1.807) is 46.6 Å². The predicted octanol–water partition coefficient (Wildman–Crippen LogP) is 12.2. The zero-order chi connectivity index (χ0) is 37.9. The van der Waals surface area contributed by atoms with E-state index < -0.39 is 15.3 Å². The largest absolute Gasteiger partial charge is 0.497 e. The van der Waals surface area contributed by atoms with Crippen molar-refractivity contribution in [2.45, 2.75) is 126 Å². The second-order valence-corrected chi connectivity index (χ2v) is 14.9. The van der Waals surface area contributed by atoms with Crippen LogP contribution in [0.3, 0.4) is 0 Å². The van der Waals surface area contributed by atoms with E-state index in [4.69, 9.17) is 42.3 Å². The van der Waals surface area contributed by atoms with Crippen LogP contribution in [0.25, 0.3) is 21.9 Å². The van der Waals surface area contributed by atoms with Gasteiger partial charge in [-0.1, -0.05) is 87.1 Å². The number of fused-ring (bicyclic) bond motifs is 2. The second-order valence-electron chi connectivity index (χ2n) is 11.1. The number of rotatable bonds is 20. The molecule has 0 fully saturated rings. The Balaban J connectivity index is -0.000000139. The third-order valence-corrected chi connectivity index (χ3v) is 10.0. The average molecular weight is 887 g/mol. The Kier molecular flexibility index (Phi) is 43.9. The second kappa shape index (κ2) is 36.7. The summed E-state index contributed by atoms with van der Waals surface area (Å²) in [6.07, 6.45) is 3.45. The van der Waals surface area contributed by atoms with Crippen LogP contribution in [0.4, 0.5) is 0 Å². The van der Waals surface area contributed by atoms with Crippen LogP contribution in [0, 0.1) is 0 Å². The van der Waals surface area contributed by atoms with Gasteiger partial charge in [0, 0.05) is 49.1 Å². The predicted molar refractivity (Wildman–Crippen MR) is 254 cm³/mol. The molecule has 17 heteroatoms. The van der Waals surface area contributed by atoms with Crippen molar-refractivity contribution in [3.63, 3.8) is 0 Å². The van der Waals surface area contributed by atoms with Crippen LogP contribution in [0.1, 0.15) is 124 Å². The van der Waals surface area contributed by atoms with E-state index in [0.717, 1.165) is 36.5 Å². The van der Waals surface area contributed by atoms with Crippen molar-refractivity contribution < 1.29 is 51.4 Å². The van der Waals surface area contributed by atoms with E-state index in [1.165, 1.54) is 0 Å². The molecule has 352 valence electrons. The first kappa shape index (κ1) is 70.5. The zero-order valence-electron chi connectivity index (χ0n) is 31.0. The first-order valence-corrected chi connectivity index (χ1v) is 20.2. The summed E-state index contributed by atoms with van der Waals surface area (Å²) in [7, 11) is -0.0100. The van der Waals surface area contributed by atoms with Gasteiger partial charge < -0.3 is 37.8 Å². The highest BCUT2D eigenvalue weighted by Crippen LogP contribution is 2.40. The van der Waals surface area contributed by atoms with Gasteiger partial charge in [0.15, 0.2) is 22.7 Å². The number of ether oxygens (including phenoxy) is 4. The number of aliphatic hydroxyl groups is 1. The number of nitrogens with one attached hydrogen (secondary N) is 4. The minimum absolute atomic E-state index is 0. The van der Waals surface area contributed by atoms with Crippen LogP contribution < -0.4 is 39.3 Å². The fourth-order valence-electron chi connectivity index (χ4n) is 4.39. The first-order chi connectivity index (χ1) is 24.4. The fraction of sp³-hybridized carbons (Fsp3) is 0.619. The van der Waals surface area contributed by atoms with Crippen molar-refractivity contribution in [2.24, 2.45) is 0 Å². The van der Waals surface area contributed by atoms with Crippen molar-refractivity contribution in [1.29, 1.82) is 0 Å². The molecule has 6 N–H and O–H groups in total. The molecule has 0 saturated heterocycles. The van der Waals surface area contributed by atoms with E-state index in [1.807, 2.05) is 45.9 Å². The van der Waals surface area contributed by atoms with Gasteiger partial charge in [0.05, 0.1) is 28.4 Å². The van der Waals surface area contributed by atoms with Crippen LogP contribution in [-0.4, -0.2) is 64.6 Å². The van der Waals surface area contributed by atoms with Gasteiger partial charge in [-0.25, -0.2) is 20.3 Å². The number of hydrogen-bond donors (Lipinski definition) is 6. The van der Waals surface area contributed by atoms with Crippen LogP contribution in [-0.2, 0) is 26.9 Å². The molecule has 0 aliphatic rings. The summed E-state index contributed by atoms with van der Waals surface area (Å²) in [4.78, 5) is 9.11. The molecule has 2 heterocycles. The summed E-state index contributed by atoms with van der Waals surface area (Å²) in [5.41, 5.74) is 1.24. The van der Waals surface area contributed by atoms with Gasteiger partial charge in [0.1, 0.15) is 36.2 Å². The summed E-state index contributed by atoms with van der Waals surface area (Å²) in [5, 5.41) is 21.7. The van der Waals surface area contributed by atoms with Crippen LogP contribution >= 0.6 is 15.3 Å². The molecule has 0 spiro atoms. The maximum atomic E-state index is 12.8. The van der Waals surface area contributed by atoms with E-state index in [2.05, 4.69) is 20.3 Å². The lowest BCUT2D eigenvalue weighted by Crippen LogP contribution is -2.25. The summed E-state index contributed by atoms with van der Waals surface area (Å²) in [5.74, 6) is 3.64. The van der Waals surface area contributed by atoms with Crippen molar-refractivity contribution >= 4 is 37.3 Å². The third kappa shape index (κ3) is 23.5. The lowest BCUT2D eigenvalue weighted by atomic mass is 10.2. The average Bonchev–Trinajstić information content (AvgIpc) is 3.77. The number of hydrogen-bond acceptors (Lipinski definition) is 10. The molecule has 4 aromatic rings. The van der Waals surface area contributed by atoms with Crippen molar-refractivity contribution in [1.82, 2.24) is 20.3 Å². The maximum absolute atomic E-state index is 12.8.